The van der Waals surface area contributed by atoms with Crippen LogP contribution in [-0.2, 0) is 17.6 Å². The van der Waals surface area contributed by atoms with Crippen LogP contribution in [0.1, 0.15) is 35.2 Å². The zero-order valence-electron chi connectivity index (χ0n) is 18.4. The van der Waals surface area contributed by atoms with Gasteiger partial charge in [-0.1, -0.05) is 25.1 Å². The number of hydrogen-bond donors (Lipinski definition) is 1. The van der Waals surface area contributed by atoms with Crippen LogP contribution in [0.15, 0.2) is 31.2 Å². The van der Waals surface area contributed by atoms with Gasteiger partial charge in [0.25, 0.3) is 0 Å². The van der Waals surface area contributed by atoms with Gasteiger partial charge in [-0.2, -0.15) is 5.10 Å². The van der Waals surface area contributed by atoms with Gasteiger partial charge in [-0.3, -0.25) is 9.89 Å². The summed E-state index contributed by atoms with van der Waals surface area (Å²) in [6.07, 6.45) is 6.66. The Labute approximate surface area is 192 Å². The molecule has 1 N–H and O–H groups in total. The second-order valence-corrected chi connectivity index (χ2v) is 9.26. The van der Waals surface area contributed by atoms with Gasteiger partial charge < -0.3 is 9.80 Å². The Bertz CT molecular complexity index is 1200. The number of benzene rings is 1. The van der Waals surface area contributed by atoms with E-state index in [-0.39, 0.29) is 11.8 Å². The Morgan fingerprint density at radius 3 is 2.78 bits per heavy atom. The lowest BCUT2D eigenvalue weighted by Crippen LogP contribution is -2.49. The summed E-state index contributed by atoms with van der Waals surface area (Å²) in [5.74, 6) is 1.65. The van der Waals surface area contributed by atoms with Gasteiger partial charge in [-0.15, -0.1) is 0 Å². The summed E-state index contributed by atoms with van der Waals surface area (Å²) >= 11 is 6.84. The lowest BCUT2D eigenvalue weighted by molar-refractivity contribution is -0.126. The fraction of sp³-hybridized carbons (Fsp3) is 0.417. The second-order valence-electron chi connectivity index (χ2n) is 8.88. The van der Waals surface area contributed by atoms with E-state index in [4.69, 9.17) is 11.6 Å². The van der Waals surface area contributed by atoms with Gasteiger partial charge in [0.1, 0.15) is 12.1 Å². The van der Waals surface area contributed by atoms with Crippen molar-refractivity contribution in [1.82, 2.24) is 25.1 Å². The Morgan fingerprint density at radius 1 is 1.25 bits per heavy atom. The van der Waals surface area contributed by atoms with Crippen LogP contribution < -0.4 is 4.90 Å². The van der Waals surface area contributed by atoms with Crippen LogP contribution in [0.3, 0.4) is 0 Å². The number of carbonyl (C=O) groups excluding carboxylic acids is 1. The van der Waals surface area contributed by atoms with E-state index in [1.54, 1.807) is 6.33 Å². The number of halogens is 1. The van der Waals surface area contributed by atoms with Crippen LogP contribution in [-0.4, -0.2) is 57.2 Å². The minimum atomic E-state index is -0.00794. The van der Waals surface area contributed by atoms with Crippen LogP contribution in [0.4, 0.5) is 5.82 Å². The number of hydrogen-bond acceptors (Lipinski definition) is 5. The summed E-state index contributed by atoms with van der Waals surface area (Å²) in [7, 11) is 0. The second kappa shape index (κ2) is 8.20. The third-order valence-corrected chi connectivity index (χ3v) is 7.48. The van der Waals surface area contributed by atoms with Crippen LogP contribution in [0.5, 0.6) is 0 Å². The van der Waals surface area contributed by atoms with E-state index in [0.717, 1.165) is 58.9 Å². The highest BCUT2D eigenvalue weighted by molar-refractivity contribution is 6.33. The molecular weight excluding hydrogens is 424 g/mol. The van der Waals surface area contributed by atoms with Crippen molar-refractivity contribution in [2.45, 2.75) is 32.6 Å². The van der Waals surface area contributed by atoms with E-state index >= 15 is 0 Å². The standard InChI is InChI=1S/C24H27ClN6O/c1-4-21(32)30-5-7-31(8-6-30)24-17-9-14(2)16(11-19(17)26-13-27-24)22-18-12-28-29-20(18)10-15(3)23(22)25/h4,10,12-14,16H,1,5-9,11H2,2-3H3,(H,28,29)/t14-,16-/m1/s1. The Kier molecular flexibility index (Phi) is 5.37. The van der Waals surface area contributed by atoms with E-state index in [9.17, 15) is 4.79 Å². The molecule has 3 aromatic rings. The van der Waals surface area contributed by atoms with Crippen LogP contribution in [0.25, 0.3) is 10.9 Å². The molecule has 0 bridgehead atoms. The summed E-state index contributed by atoms with van der Waals surface area (Å²) in [5.41, 5.74) is 5.58. The average molecular weight is 451 g/mol. The van der Waals surface area contributed by atoms with E-state index < -0.39 is 0 Å². The number of H-pyrrole nitrogens is 1. The minimum Gasteiger partial charge on any atom is -0.353 e. The number of nitrogens with one attached hydrogen (secondary N) is 1. The first-order chi connectivity index (χ1) is 15.5. The maximum absolute atomic E-state index is 11.9. The Hall–Kier alpha value is -2.93. The SMILES string of the molecule is C=CC(=O)N1CCN(c2ncnc3c2C[C@@H](C)[C@H](c2c(Cl)c(C)cc4[nH]ncc24)C3)CC1. The number of aromatic amines is 1. The lowest BCUT2D eigenvalue weighted by Gasteiger charge is -2.38. The van der Waals surface area contributed by atoms with Crippen LogP contribution >= 0.6 is 11.6 Å². The van der Waals surface area contributed by atoms with Gasteiger partial charge in [0, 0.05) is 47.8 Å². The average Bonchev–Trinajstić information content (AvgIpc) is 3.27. The van der Waals surface area contributed by atoms with Crippen molar-refractivity contribution < 1.29 is 4.79 Å². The summed E-state index contributed by atoms with van der Waals surface area (Å²) in [4.78, 5) is 25.4. The zero-order valence-corrected chi connectivity index (χ0v) is 19.2. The first-order valence-electron chi connectivity index (χ1n) is 11.1. The molecule has 3 heterocycles. The number of rotatable bonds is 3. The molecule has 0 saturated carbocycles. The van der Waals surface area contributed by atoms with Crippen molar-refractivity contribution >= 4 is 34.2 Å². The number of fused-ring (bicyclic) bond motifs is 2. The van der Waals surface area contributed by atoms with Crippen molar-refractivity contribution in [3.63, 3.8) is 0 Å². The van der Waals surface area contributed by atoms with Gasteiger partial charge >= 0.3 is 0 Å². The molecule has 8 heteroatoms. The van der Waals surface area contributed by atoms with Crippen LogP contribution in [0.2, 0.25) is 5.02 Å². The maximum Gasteiger partial charge on any atom is 0.246 e. The first kappa shape index (κ1) is 20.9. The first-order valence-corrected chi connectivity index (χ1v) is 11.5. The number of aryl methyl sites for hydroxylation is 1. The minimum absolute atomic E-state index is 0.00794. The number of carbonyl (C=O) groups is 1. The molecule has 1 aromatic carbocycles. The molecule has 2 aliphatic rings. The summed E-state index contributed by atoms with van der Waals surface area (Å²) in [6, 6.07) is 2.06. The number of anilines is 1. The van der Waals surface area contributed by atoms with Gasteiger partial charge in [0.05, 0.1) is 11.7 Å². The molecular formula is C24H27ClN6O. The summed E-state index contributed by atoms with van der Waals surface area (Å²) < 4.78 is 0. The van der Waals surface area contributed by atoms with E-state index in [2.05, 4.69) is 44.6 Å². The van der Waals surface area contributed by atoms with Gasteiger partial charge in [0.15, 0.2) is 0 Å². The predicted octanol–water partition coefficient (Wildman–Crippen LogP) is 3.67. The molecule has 166 valence electrons. The number of piperazine rings is 1. The third kappa shape index (κ3) is 3.45. The molecule has 0 unspecified atom stereocenters. The van der Waals surface area contributed by atoms with Gasteiger partial charge in [0.2, 0.25) is 5.91 Å². The molecule has 1 aliphatic carbocycles. The topological polar surface area (TPSA) is 78.0 Å². The Morgan fingerprint density at radius 2 is 2.03 bits per heavy atom. The third-order valence-electron chi connectivity index (χ3n) is 6.98. The number of aromatic nitrogens is 4. The highest BCUT2D eigenvalue weighted by Gasteiger charge is 2.34. The quantitative estimate of drug-likeness (QED) is 0.616. The monoisotopic (exact) mass is 450 g/mol. The van der Waals surface area contributed by atoms with E-state index in [1.165, 1.54) is 17.2 Å². The molecule has 1 amide bonds. The van der Waals surface area contributed by atoms with E-state index in [1.807, 2.05) is 18.0 Å². The summed E-state index contributed by atoms with van der Waals surface area (Å²) in [6.45, 7) is 10.8. The largest absolute Gasteiger partial charge is 0.353 e. The van der Waals surface area contributed by atoms with Crippen molar-refractivity contribution in [2.24, 2.45) is 5.92 Å². The van der Waals surface area contributed by atoms with Gasteiger partial charge in [-0.25, -0.2) is 9.97 Å². The van der Waals surface area contributed by atoms with Crippen molar-refractivity contribution in [3.05, 3.63) is 58.7 Å². The molecule has 2 aromatic heterocycles. The smallest absolute Gasteiger partial charge is 0.246 e. The lowest BCUT2D eigenvalue weighted by atomic mass is 9.74. The molecule has 5 rings (SSSR count). The Balaban J connectivity index is 1.46. The van der Waals surface area contributed by atoms with Gasteiger partial charge in [-0.05, 0) is 54.9 Å². The highest BCUT2D eigenvalue weighted by atomic mass is 35.5. The fourth-order valence-corrected chi connectivity index (χ4v) is 5.51. The number of amides is 1. The highest BCUT2D eigenvalue weighted by Crippen LogP contribution is 2.44. The molecule has 1 saturated heterocycles. The van der Waals surface area contributed by atoms with Crippen molar-refractivity contribution in [2.75, 3.05) is 31.1 Å². The molecule has 0 spiro atoms. The summed E-state index contributed by atoms with van der Waals surface area (Å²) in [5, 5.41) is 9.28. The van der Waals surface area contributed by atoms with Crippen molar-refractivity contribution in [1.29, 1.82) is 0 Å². The molecule has 32 heavy (non-hydrogen) atoms. The zero-order chi connectivity index (χ0) is 22.4. The number of nitrogens with zero attached hydrogens (tertiary/aromatic N) is 5. The van der Waals surface area contributed by atoms with Crippen molar-refractivity contribution in [3.8, 4) is 0 Å². The molecule has 0 radical (unpaired) electrons. The molecule has 7 nitrogen and oxygen atoms in total. The maximum atomic E-state index is 11.9. The molecule has 1 aliphatic heterocycles. The molecule has 1 fully saturated rings. The van der Waals surface area contributed by atoms with Crippen LogP contribution in [0, 0.1) is 12.8 Å². The van der Waals surface area contributed by atoms with E-state index in [0.29, 0.717) is 19.0 Å². The normalized spacial score (nSPS) is 21.0. The molecule has 2 atom stereocenters. The predicted molar refractivity (Wildman–Crippen MR) is 126 cm³/mol. The fourth-order valence-electron chi connectivity index (χ4n) is 5.22.